The van der Waals surface area contributed by atoms with E-state index < -0.39 is 0 Å². The van der Waals surface area contributed by atoms with E-state index in [2.05, 4.69) is 15.9 Å². The van der Waals surface area contributed by atoms with E-state index in [4.69, 9.17) is 5.26 Å². The molecule has 3 heteroatoms. The first kappa shape index (κ1) is 9.21. The van der Waals surface area contributed by atoms with Gasteiger partial charge in [0.2, 0.25) is 0 Å². The van der Waals surface area contributed by atoms with Crippen LogP contribution in [-0.2, 0) is 6.42 Å². The van der Waals surface area contributed by atoms with Gasteiger partial charge in [0.15, 0.2) is 0 Å². The second-order valence-electron chi connectivity index (χ2n) is 2.52. The van der Waals surface area contributed by atoms with Gasteiger partial charge in [0.1, 0.15) is 5.82 Å². The SMILES string of the molecule is Cc1cc(F)cc(Br)c1CC#N. The molecular formula is C9H7BrFN. The van der Waals surface area contributed by atoms with Crippen molar-refractivity contribution in [2.24, 2.45) is 0 Å². The number of benzene rings is 1. The summed E-state index contributed by atoms with van der Waals surface area (Å²) in [7, 11) is 0. The summed E-state index contributed by atoms with van der Waals surface area (Å²) >= 11 is 3.21. The van der Waals surface area contributed by atoms with Crippen molar-refractivity contribution >= 4 is 15.9 Å². The molecule has 0 saturated carbocycles. The first-order valence-corrected chi connectivity index (χ1v) is 4.26. The zero-order valence-corrected chi connectivity index (χ0v) is 8.15. The minimum atomic E-state index is -0.277. The average molecular weight is 228 g/mol. The Morgan fingerprint density at radius 2 is 2.25 bits per heavy atom. The second kappa shape index (κ2) is 3.68. The lowest BCUT2D eigenvalue weighted by Crippen LogP contribution is -1.90. The van der Waals surface area contributed by atoms with Gasteiger partial charge in [-0.2, -0.15) is 5.26 Å². The van der Waals surface area contributed by atoms with Crippen LogP contribution in [0.5, 0.6) is 0 Å². The Balaban J connectivity index is 3.21. The van der Waals surface area contributed by atoms with Crippen LogP contribution in [0.25, 0.3) is 0 Å². The molecule has 0 bridgehead atoms. The van der Waals surface area contributed by atoms with Crippen LogP contribution in [0.2, 0.25) is 0 Å². The van der Waals surface area contributed by atoms with E-state index in [1.807, 2.05) is 6.07 Å². The van der Waals surface area contributed by atoms with Gasteiger partial charge in [-0.3, -0.25) is 0 Å². The summed E-state index contributed by atoms with van der Waals surface area (Å²) < 4.78 is 13.4. The largest absolute Gasteiger partial charge is 0.207 e. The third-order valence-electron chi connectivity index (χ3n) is 1.64. The van der Waals surface area contributed by atoms with E-state index in [-0.39, 0.29) is 5.82 Å². The summed E-state index contributed by atoms with van der Waals surface area (Å²) in [6, 6.07) is 4.84. The molecule has 0 aliphatic carbocycles. The van der Waals surface area contributed by atoms with Crippen molar-refractivity contribution in [2.75, 3.05) is 0 Å². The van der Waals surface area contributed by atoms with Gasteiger partial charge in [0.05, 0.1) is 12.5 Å². The van der Waals surface area contributed by atoms with Crippen LogP contribution >= 0.6 is 15.9 Å². The van der Waals surface area contributed by atoms with Crippen LogP contribution in [0.4, 0.5) is 4.39 Å². The number of nitriles is 1. The Kier molecular flexibility index (Phi) is 2.83. The predicted octanol–water partition coefficient (Wildman–Crippen LogP) is 2.96. The quantitative estimate of drug-likeness (QED) is 0.724. The standard InChI is InChI=1S/C9H7BrFN/c1-6-4-7(11)5-9(10)8(6)2-3-12/h4-5H,2H2,1H3. The van der Waals surface area contributed by atoms with Crippen LogP contribution in [0, 0.1) is 24.1 Å². The Bertz CT molecular complexity index is 318. The molecule has 1 rings (SSSR count). The lowest BCUT2D eigenvalue weighted by atomic mass is 10.1. The van der Waals surface area contributed by atoms with Crippen LogP contribution in [0.15, 0.2) is 16.6 Å². The molecule has 0 amide bonds. The number of aryl methyl sites for hydroxylation is 1. The van der Waals surface area contributed by atoms with E-state index in [1.54, 1.807) is 6.92 Å². The Hall–Kier alpha value is -0.880. The number of nitrogens with zero attached hydrogens (tertiary/aromatic N) is 1. The smallest absolute Gasteiger partial charge is 0.124 e. The van der Waals surface area contributed by atoms with Gasteiger partial charge in [0, 0.05) is 4.47 Å². The maximum atomic E-state index is 12.7. The summed E-state index contributed by atoms with van der Waals surface area (Å²) in [6.07, 6.45) is 0.312. The number of hydrogen-bond donors (Lipinski definition) is 0. The second-order valence-corrected chi connectivity index (χ2v) is 3.37. The van der Waals surface area contributed by atoms with Gasteiger partial charge in [-0.25, -0.2) is 4.39 Å². The molecule has 1 aromatic carbocycles. The topological polar surface area (TPSA) is 23.8 Å². The fourth-order valence-corrected chi connectivity index (χ4v) is 1.71. The van der Waals surface area contributed by atoms with Crippen molar-refractivity contribution in [2.45, 2.75) is 13.3 Å². The Morgan fingerprint density at radius 1 is 1.58 bits per heavy atom. The first-order valence-electron chi connectivity index (χ1n) is 3.46. The number of hydrogen-bond acceptors (Lipinski definition) is 1. The van der Waals surface area contributed by atoms with Gasteiger partial charge >= 0.3 is 0 Å². The van der Waals surface area contributed by atoms with Gasteiger partial charge in [-0.1, -0.05) is 15.9 Å². The zero-order chi connectivity index (χ0) is 9.14. The molecule has 0 aromatic heterocycles. The Labute approximate surface area is 79.0 Å². The molecule has 12 heavy (non-hydrogen) atoms. The molecule has 0 fully saturated rings. The van der Waals surface area contributed by atoms with Crippen LogP contribution in [-0.4, -0.2) is 0 Å². The molecule has 0 saturated heterocycles. The molecule has 1 nitrogen and oxygen atoms in total. The predicted molar refractivity (Wildman–Crippen MR) is 48.2 cm³/mol. The number of rotatable bonds is 1. The van der Waals surface area contributed by atoms with Gasteiger partial charge < -0.3 is 0 Å². The van der Waals surface area contributed by atoms with Gasteiger partial charge in [-0.15, -0.1) is 0 Å². The first-order chi connectivity index (χ1) is 5.65. The third kappa shape index (κ3) is 1.83. The monoisotopic (exact) mass is 227 g/mol. The highest BCUT2D eigenvalue weighted by Crippen LogP contribution is 2.22. The summed E-state index contributed by atoms with van der Waals surface area (Å²) in [5.74, 6) is -0.277. The normalized spacial score (nSPS) is 9.50. The highest BCUT2D eigenvalue weighted by atomic mass is 79.9. The van der Waals surface area contributed by atoms with E-state index in [0.717, 1.165) is 11.1 Å². The summed E-state index contributed by atoms with van der Waals surface area (Å²) in [5, 5.41) is 8.47. The summed E-state index contributed by atoms with van der Waals surface area (Å²) in [4.78, 5) is 0. The average Bonchev–Trinajstić information content (AvgIpc) is 1.96. The van der Waals surface area contributed by atoms with Crippen molar-refractivity contribution in [1.29, 1.82) is 5.26 Å². The van der Waals surface area contributed by atoms with E-state index >= 15 is 0 Å². The maximum Gasteiger partial charge on any atom is 0.124 e. The molecule has 0 spiro atoms. The van der Waals surface area contributed by atoms with Crippen LogP contribution in [0.3, 0.4) is 0 Å². The van der Waals surface area contributed by atoms with Crippen molar-refractivity contribution in [1.82, 2.24) is 0 Å². The fourth-order valence-electron chi connectivity index (χ4n) is 1.04. The fraction of sp³-hybridized carbons (Fsp3) is 0.222. The molecule has 0 radical (unpaired) electrons. The third-order valence-corrected chi connectivity index (χ3v) is 2.35. The van der Waals surface area contributed by atoms with Crippen molar-refractivity contribution in [3.8, 4) is 6.07 Å². The molecular weight excluding hydrogens is 221 g/mol. The zero-order valence-electron chi connectivity index (χ0n) is 6.56. The Morgan fingerprint density at radius 3 is 2.75 bits per heavy atom. The lowest BCUT2D eigenvalue weighted by molar-refractivity contribution is 0.625. The molecule has 0 N–H and O–H groups in total. The molecule has 1 aromatic rings. The van der Waals surface area contributed by atoms with Crippen LogP contribution < -0.4 is 0 Å². The molecule has 0 aliphatic heterocycles. The highest BCUT2D eigenvalue weighted by molar-refractivity contribution is 9.10. The molecule has 0 unspecified atom stereocenters. The summed E-state index contributed by atoms with van der Waals surface area (Å²) in [6.45, 7) is 1.79. The molecule has 0 atom stereocenters. The molecule has 0 aliphatic rings. The lowest BCUT2D eigenvalue weighted by Gasteiger charge is -2.03. The highest BCUT2D eigenvalue weighted by Gasteiger charge is 2.04. The van der Waals surface area contributed by atoms with Crippen molar-refractivity contribution in [3.05, 3.63) is 33.5 Å². The minimum absolute atomic E-state index is 0.277. The van der Waals surface area contributed by atoms with Crippen LogP contribution in [0.1, 0.15) is 11.1 Å². The summed E-state index contributed by atoms with van der Waals surface area (Å²) in [5.41, 5.74) is 1.67. The van der Waals surface area contributed by atoms with E-state index in [9.17, 15) is 4.39 Å². The molecule has 0 heterocycles. The van der Waals surface area contributed by atoms with Gasteiger partial charge in [-0.05, 0) is 30.2 Å². The maximum absolute atomic E-state index is 12.7. The minimum Gasteiger partial charge on any atom is -0.207 e. The number of halogens is 2. The van der Waals surface area contributed by atoms with Crippen molar-refractivity contribution in [3.63, 3.8) is 0 Å². The van der Waals surface area contributed by atoms with Crippen molar-refractivity contribution < 1.29 is 4.39 Å². The van der Waals surface area contributed by atoms with E-state index in [1.165, 1.54) is 12.1 Å². The van der Waals surface area contributed by atoms with Gasteiger partial charge in [0.25, 0.3) is 0 Å². The molecule has 62 valence electrons. The van der Waals surface area contributed by atoms with E-state index in [0.29, 0.717) is 10.9 Å².